The molecule has 6 nitrogen and oxygen atoms in total. The fourth-order valence-electron chi connectivity index (χ4n) is 2.59. The molecule has 2 aromatic rings. The maximum atomic E-state index is 13.4. The Bertz CT molecular complexity index is 605. The number of halogens is 2. The van der Waals surface area contributed by atoms with E-state index in [0.29, 0.717) is 0 Å². The van der Waals surface area contributed by atoms with Gasteiger partial charge in [0, 0.05) is 5.92 Å². The number of fused-ring (bicyclic) bond motifs is 1. The smallest absolute Gasteiger partial charge is 0.244 e. The molecule has 0 amide bonds. The lowest BCUT2D eigenvalue weighted by Gasteiger charge is -2.18. The van der Waals surface area contributed by atoms with Gasteiger partial charge < -0.3 is 14.8 Å². The van der Waals surface area contributed by atoms with Crippen molar-refractivity contribution >= 4 is 11.2 Å². The lowest BCUT2D eigenvalue weighted by molar-refractivity contribution is 0.00271. The van der Waals surface area contributed by atoms with Crippen molar-refractivity contribution in [1.82, 2.24) is 19.5 Å². The van der Waals surface area contributed by atoms with Gasteiger partial charge in [-0.25, -0.2) is 15.0 Å². The van der Waals surface area contributed by atoms with Crippen LogP contribution < -0.4 is 0 Å². The Kier molecular flexibility index (Phi) is 2.90. The third-order valence-electron chi connectivity index (χ3n) is 3.64. The summed E-state index contributed by atoms with van der Waals surface area (Å²) in [6.07, 6.45) is 0.357. The first-order valence-corrected chi connectivity index (χ1v) is 5.88. The van der Waals surface area contributed by atoms with Gasteiger partial charge in [0.1, 0.15) is 12.4 Å². The molecule has 0 radical (unpaired) electrons. The zero-order valence-electron chi connectivity index (χ0n) is 9.82. The zero-order valence-corrected chi connectivity index (χ0v) is 9.82. The summed E-state index contributed by atoms with van der Waals surface area (Å²) in [4.78, 5) is 11.2. The van der Waals surface area contributed by atoms with Gasteiger partial charge >= 0.3 is 0 Å². The fourth-order valence-corrected chi connectivity index (χ4v) is 2.59. The minimum atomic E-state index is -1.14. The Morgan fingerprint density at radius 1 is 1.26 bits per heavy atom. The van der Waals surface area contributed by atoms with E-state index < -0.39 is 36.8 Å². The van der Waals surface area contributed by atoms with E-state index in [1.54, 1.807) is 0 Å². The number of rotatable bonds is 2. The van der Waals surface area contributed by atoms with E-state index in [4.69, 9.17) is 0 Å². The third kappa shape index (κ3) is 1.79. The molecule has 3 rings (SSSR count). The Labute approximate surface area is 106 Å². The monoisotopic (exact) mass is 270 g/mol. The molecular formula is C11H12F2N4O2. The van der Waals surface area contributed by atoms with Crippen LogP contribution in [0.3, 0.4) is 0 Å². The van der Waals surface area contributed by atoms with Gasteiger partial charge in [-0.3, -0.25) is 4.39 Å². The molecule has 4 unspecified atom stereocenters. The molecule has 4 atom stereocenters. The third-order valence-corrected chi connectivity index (χ3v) is 3.64. The molecule has 0 aliphatic heterocycles. The molecule has 0 saturated heterocycles. The molecular weight excluding hydrogens is 258 g/mol. The van der Waals surface area contributed by atoms with Gasteiger partial charge in [0.2, 0.25) is 5.95 Å². The summed E-state index contributed by atoms with van der Waals surface area (Å²) in [5, 5.41) is 19.7. The van der Waals surface area contributed by atoms with Crippen molar-refractivity contribution in [1.29, 1.82) is 0 Å². The molecule has 2 heterocycles. The molecule has 2 aromatic heterocycles. The van der Waals surface area contributed by atoms with Gasteiger partial charge in [0.25, 0.3) is 0 Å². The first-order valence-electron chi connectivity index (χ1n) is 5.88. The summed E-state index contributed by atoms with van der Waals surface area (Å²) in [6, 6.07) is -0.574. The molecule has 1 fully saturated rings. The van der Waals surface area contributed by atoms with Crippen LogP contribution in [0.4, 0.5) is 8.78 Å². The molecule has 1 saturated carbocycles. The van der Waals surface area contributed by atoms with E-state index in [-0.39, 0.29) is 17.6 Å². The van der Waals surface area contributed by atoms with Crippen molar-refractivity contribution < 1.29 is 19.0 Å². The molecule has 8 heteroatoms. The molecule has 1 aliphatic rings. The number of hydrogen-bond acceptors (Lipinski definition) is 5. The van der Waals surface area contributed by atoms with Crippen molar-refractivity contribution in [3.8, 4) is 0 Å². The normalized spacial score (nSPS) is 31.2. The first-order chi connectivity index (χ1) is 9.13. The average Bonchev–Trinajstić information content (AvgIpc) is 2.94. The highest BCUT2D eigenvalue weighted by molar-refractivity contribution is 5.69. The molecule has 0 bridgehead atoms. The number of aliphatic hydroxyl groups excluding tert-OH is 2. The number of imidazole rings is 1. The average molecular weight is 270 g/mol. The van der Waals surface area contributed by atoms with Gasteiger partial charge in [-0.1, -0.05) is 0 Å². The molecule has 0 spiro atoms. The van der Waals surface area contributed by atoms with Gasteiger partial charge in [0.15, 0.2) is 11.2 Å². The summed E-state index contributed by atoms with van der Waals surface area (Å²) in [5.74, 6) is -1.39. The predicted molar refractivity (Wildman–Crippen MR) is 60.4 cm³/mol. The zero-order chi connectivity index (χ0) is 13.6. The minimum absolute atomic E-state index is 0.00658. The molecule has 102 valence electrons. The maximum Gasteiger partial charge on any atom is 0.244 e. The van der Waals surface area contributed by atoms with Crippen LogP contribution in [-0.2, 0) is 0 Å². The SMILES string of the molecule is OC1C(CF)CC(n2cnc3c(F)ncnc32)C1O. The van der Waals surface area contributed by atoms with Crippen LogP contribution in [0.5, 0.6) is 0 Å². The summed E-state index contributed by atoms with van der Waals surface area (Å²) in [5.41, 5.74) is 0.219. The van der Waals surface area contributed by atoms with E-state index >= 15 is 0 Å². The number of aliphatic hydroxyl groups is 2. The van der Waals surface area contributed by atoms with E-state index in [0.717, 1.165) is 6.33 Å². The second kappa shape index (κ2) is 4.46. The van der Waals surface area contributed by atoms with E-state index in [1.165, 1.54) is 10.9 Å². The second-order valence-corrected chi connectivity index (χ2v) is 4.69. The fraction of sp³-hybridized carbons (Fsp3) is 0.545. The summed E-state index contributed by atoms with van der Waals surface area (Å²) in [6.45, 7) is -0.718. The van der Waals surface area contributed by atoms with E-state index in [1.807, 2.05) is 0 Å². The largest absolute Gasteiger partial charge is 0.390 e. The molecule has 0 aromatic carbocycles. The standard InChI is InChI=1S/C11H12F2N4O2/c12-2-5-1-6(9(19)8(5)18)17-4-16-7-10(13)14-3-15-11(7)17/h3-6,8-9,18-19H,1-2H2. The van der Waals surface area contributed by atoms with Crippen molar-refractivity contribution in [2.45, 2.75) is 24.7 Å². The van der Waals surface area contributed by atoms with Crippen LogP contribution in [0.1, 0.15) is 12.5 Å². The number of aromatic nitrogens is 4. The predicted octanol–water partition coefficient (Wildman–Crippen LogP) is 0.218. The topological polar surface area (TPSA) is 84.1 Å². The highest BCUT2D eigenvalue weighted by Gasteiger charge is 2.43. The van der Waals surface area contributed by atoms with Crippen LogP contribution in [-0.4, -0.2) is 48.6 Å². The lowest BCUT2D eigenvalue weighted by atomic mass is 10.1. The van der Waals surface area contributed by atoms with Crippen molar-refractivity contribution in [3.05, 3.63) is 18.6 Å². The quantitative estimate of drug-likeness (QED) is 0.762. The minimum Gasteiger partial charge on any atom is -0.390 e. The maximum absolute atomic E-state index is 13.4. The summed E-state index contributed by atoms with van der Waals surface area (Å²) in [7, 11) is 0. The molecule has 2 N–H and O–H groups in total. The van der Waals surface area contributed by atoms with E-state index in [9.17, 15) is 19.0 Å². The highest BCUT2D eigenvalue weighted by atomic mass is 19.1. The Morgan fingerprint density at radius 3 is 2.74 bits per heavy atom. The molecule has 1 aliphatic carbocycles. The first kappa shape index (κ1) is 12.4. The highest BCUT2D eigenvalue weighted by Crippen LogP contribution is 2.36. The van der Waals surface area contributed by atoms with Gasteiger partial charge in [-0.15, -0.1) is 0 Å². The number of hydrogen-bond donors (Lipinski definition) is 2. The van der Waals surface area contributed by atoms with E-state index in [2.05, 4.69) is 15.0 Å². The lowest BCUT2D eigenvalue weighted by Crippen LogP contribution is -2.29. The summed E-state index contributed by atoms with van der Waals surface area (Å²) < 4.78 is 27.6. The Balaban J connectivity index is 2.04. The van der Waals surface area contributed by atoms with Crippen molar-refractivity contribution in [3.63, 3.8) is 0 Å². The van der Waals surface area contributed by atoms with Crippen LogP contribution in [0.2, 0.25) is 0 Å². The van der Waals surface area contributed by atoms with Crippen molar-refractivity contribution in [2.24, 2.45) is 5.92 Å². The van der Waals surface area contributed by atoms with Gasteiger partial charge in [-0.05, 0) is 6.42 Å². The summed E-state index contributed by atoms with van der Waals surface area (Å²) >= 11 is 0. The second-order valence-electron chi connectivity index (χ2n) is 4.69. The Morgan fingerprint density at radius 2 is 2.05 bits per heavy atom. The van der Waals surface area contributed by atoms with Crippen molar-refractivity contribution in [2.75, 3.05) is 6.67 Å². The molecule has 19 heavy (non-hydrogen) atoms. The number of nitrogens with zero attached hydrogens (tertiary/aromatic N) is 4. The number of alkyl halides is 1. The van der Waals surface area contributed by atoms with Crippen LogP contribution in [0, 0.1) is 11.9 Å². The van der Waals surface area contributed by atoms with Gasteiger partial charge in [0.05, 0.1) is 25.1 Å². The van der Waals surface area contributed by atoms with Crippen LogP contribution >= 0.6 is 0 Å². The Hall–Kier alpha value is -1.67. The van der Waals surface area contributed by atoms with Gasteiger partial charge in [-0.2, -0.15) is 4.39 Å². The van der Waals surface area contributed by atoms with Crippen LogP contribution in [0.25, 0.3) is 11.2 Å². The van der Waals surface area contributed by atoms with Crippen LogP contribution in [0.15, 0.2) is 12.7 Å².